The molecule has 1 saturated carbocycles. The zero-order valence-corrected chi connectivity index (χ0v) is 16.0. The van der Waals surface area contributed by atoms with E-state index in [-0.39, 0.29) is 18.1 Å². The van der Waals surface area contributed by atoms with Crippen LogP contribution in [0.1, 0.15) is 43.7 Å². The van der Waals surface area contributed by atoms with E-state index in [1.807, 2.05) is 4.90 Å². The van der Waals surface area contributed by atoms with Crippen molar-refractivity contribution in [2.24, 2.45) is 5.92 Å². The van der Waals surface area contributed by atoms with Crippen molar-refractivity contribution in [2.45, 2.75) is 44.6 Å². The van der Waals surface area contributed by atoms with Crippen LogP contribution in [-0.4, -0.2) is 71.2 Å². The van der Waals surface area contributed by atoms with Crippen molar-refractivity contribution in [3.05, 3.63) is 28.4 Å². The fraction of sp³-hybridized carbons (Fsp3) is 0.750. The molecule has 2 saturated heterocycles. The van der Waals surface area contributed by atoms with Gasteiger partial charge in [-0.25, -0.2) is 4.98 Å². The lowest BCUT2D eigenvalue weighted by molar-refractivity contribution is -0.134. The van der Waals surface area contributed by atoms with E-state index in [4.69, 9.17) is 4.74 Å². The van der Waals surface area contributed by atoms with Gasteiger partial charge in [-0.05, 0) is 51.1 Å². The molecule has 0 atom stereocenters. The number of aromatic nitrogens is 2. The second kappa shape index (κ2) is 8.52. The van der Waals surface area contributed by atoms with Crippen LogP contribution in [0.15, 0.2) is 17.2 Å². The third-order valence-corrected chi connectivity index (χ3v) is 6.04. The largest absolute Gasteiger partial charge is 0.372 e. The van der Waals surface area contributed by atoms with Crippen LogP contribution in [0.5, 0.6) is 0 Å². The van der Waals surface area contributed by atoms with Gasteiger partial charge in [-0.1, -0.05) is 0 Å². The second-order valence-electron chi connectivity index (χ2n) is 8.15. The third-order valence-electron chi connectivity index (χ3n) is 6.04. The Bertz CT molecular complexity index is 707. The molecule has 4 rings (SSSR count). The first-order chi connectivity index (χ1) is 13.2. The molecule has 0 radical (unpaired) electrons. The van der Waals surface area contributed by atoms with E-state index in [0.29, 0.717) is 18.4 Å². The van der Waals surface area contributed by atoms with E-state index < -0.39 is 0 Å². The molecule has 1 aromatic heterocycles. The standard InChI is InChI=1S/C20H30N4O3/c25-19-12-18(17-2-3-17)21-15-24(19)13-16-4-7-22(8-5-16)9-10-23-6-1-11-27-14-20(23)26/h12,15-17H,1-11,13-14H2. The van der Waals surface area contributed by atoms with E-state index in [9.17, 15) is 9.59 Å². The zero-order valence-electron chi connectivity index (χ0n) is 16.0. The van der Waals surface area contributed by atoms with Gasteiger partial charge in [-0.2, -0.15) is 0 Å². The number of amides is 1. The summed E-state index contributed by atoms with van der Waals surface area (Å²) in [6.45, 7) is 6.27. The smallest absolute Gasteiger partial charge is 0.253 e. The SMILES string of the molecule is O=C1COCCCN1CCN1CCC(Cn2cnc(C3CC3)cc2=O)CC1. The lowest BCUT2D eigenvalue weighted by Gasteiger charge is -2.33. The van der Waals surface area contributed by atoms with Crippen LogP contribution in [-0.2, 0) is 16.1 Å². The van der Waals surface area contributed by atoms with E-state index >= 15 is 0 Å². The van der Waals surface area contributed by atoms with Gasteiger partial charge in [0, 0.05) is 44.8 Å². The first-order valence-electron chi connectivity index (χ1n) is 10.3. The summed E-state index contributed by atoms with van der Waals surface area (Å²) in [5.74, 6) is 1.17. The lowest BCUT2D eigenvalue weighted by Crippen LogP contribution is -2.43. The van der Waals surface area contributed by atoms with Crippen LogP contribution in [0.4, 0.5) is 0 Å². The average Bonchev–Trinajstić information content (AvgIpc) is 3.52. The number of carbonyl (C=O) groups is 1. The Kier molecular flexibility index (Phi) is 5.88. The molecule has 7 nitrogen and oxygen atoms in total. The number of piperidine rings is 1. The van der Waals surface area contributed by atoms with Gasteiger partial charge in [-0.15, -0.1) is 0 Å². The van der Waals surface area contributed by atoms with E-state index in [1.165, 1.54) is 12.8 Å². The minimum Gasteiger partial charge on any atom is -0.372 e. The Morgan fingerprint density at radius 1 is 1.07 bits per heavy atom. The molecule has 0 N–H and O–H groups in total. The molecule has 0 aromatic carbocycles. The summed E-state index contributed by atoms with van der Waals surface area (Å²) in [6.07, 6.45) is 7.20. The average molecular weight is 374 g/mol. The molecule has 1 amide bonds. The maximum absolute atomic E-state index is 12.3. The van der Waals surface area contributed by atoms with Crippen molar-refractivity contribution in [3.63, 3.8) is 0 Å². The summed E-state index contributed by atoms with van der Waals surface area (Å²) in [5.41, 5.74) is 1.07. The van der Waals surface area contributed by atoms with Crippen molar-refractivity contribution in [1.82, 2.24) is 19.4 Å². The Morgan fingerprint density at radius 2 is 1.89 bits per heavy atom. The molecule has 2 aliphatic heterocycles. The number of ether oxygens (including phenoxy) is 1. The van der Waals surface area contributed by atoms with E-state index in [0.717, 1.165) is 64.2 Å². The van der Waals surface area contributed by atoms with Gasteiger partial charge in [0.15, 0.2) is 0 Å². The molecule has 0 bridgehead atoms. The van der Waals surface area contributed by atoms with Crippen molar-refractivity contribution < 1.29 is 9.53 Å². The van der Waals surface area contributed by atoms with Crippen LogP contribution in [0.2, 0.25) is 0 Å². The lowest BCUT2D eigenvalue weighted by atomic mass is 9.96. The van der Waals surface area contributed by atoms with Crippen molar-refractivity contribution >= 4 is 5.91 Å². The number of carbonyl (C=O) groups excluding carboxylic acids is 1. The summed E-state index contributed by atoms with van der Waals surface area (Å²) in [5, 5.41) is 0. The monoisotopic (exact) mass is 374 g/mol. The number of hydrogen-bond acceptors (Lipinski definition) is 5. The highest BCUT2D eigenvalue weighted by molar-refractivity contribution is 5.77. The van der Waals surface area contributed by atoms with Crippen LogP contribution in [0.25, 0.3) is 0 Å². The highest BCUT2D eigenvalue weighted by Crippen LogP contribution is 2.38. The molecule has 1 aromatic rings. The van der Waals surface area contributed by atoms with Gasteiger partial charge in [-0.3, -0.25) is 14.2 Å². The summed E-state index contributed by atoms with van der Waals surface area (Å²) in [4.78, 5) is 33.2. The summed E-state index contributed by atoms with van der Waals surface area (Å²) in [7, 11) is 0. The fourth-order valence-corrected chi connectivity index (χ4v) is 4.08. The molecule has 3 heterocycles. The number of nitrogens with zero attached hydrogens (tertiary/aromatic N) is 4. The molecule has 0 spiro atoms. The maximum atomic E-state index is 12.3. The molecule has 1 aliphatic carbocycles. The first-order valence-corrected chi connectivity index (χ1v) is 10.3. The van der Waals surface area contributed by atoms with Gasteiger partial charge in [0.25, 0.3) is 5.56 Å². The molecule has 7 heteroatoms. The fourth-order valence-electron chi connectivity index (χ4n) is 4.08. The minimum atomic E-state index is 0.0937. The summed E-state index contributed by atoms with van der Waals surface area (Å²) in [6, 6.07) is 1.73. The molecule has 0 unspecified atom stereocenters. The van der Waals surface area contributed by atoms with Crippen LogP contribution < -0.4 is 5.56 Å². The Balaban J connectivity index is 1.22. The molecular formula is C20H30N4O3. The second-order valence-corrected chi connectivity index (χ2v) is 8.15. The van der Waals surface area contributed by atoms with Crippen molar-refractivity contribution in [3.8, 4) is 0 Å². The van der Waals surface area contributed by atoms with Crippen molar-refractivity contribution in [2.75, 3.05) is 45.9 Å². The van der Waals surface area contributed by atoms with Crippen LogP contribution >= 0.6 is 0 Å². The van der Waals surface area contributed by atoms with Gasteiger partial charge in [0.1, 0.15) is 6.61 Å². The normalized spacial score (nSPS) is 22.8. The third kappa shape index (κ3) is 4.96. The Morgan fingerprint density at radius 3 is 2.63 bits per heavy atom. The van der Waals surface area contributed by atoms with Gasteiger partial charge < -0.3 is 14.5 Å². The minimum absolute atomic E-state index is 0.0937. The number of rotatable bonds is 6. The molecular weight excluding hydrogens is 344 g/mol. The number of likely N-dealkylation sites (tertiary alicyclic amines) is 1. The Hall–Kier alpha value is -1.73. The molecule has 27 heavy (non-hydrogen) atoms. The van der Waals surface area contributed by atoms with Crippen molar-refractivity contribution in [1.29, 1.82) is 0 Å². The quantitative estimate of drug-likeness (QED) is 0.745. The predicted octanol–water partition coefficient (Wildman–Crippen LogP) is 1.08. The van der Waals surface area contributed by atoms with E-state index in [1.54, 1.807) is 17.0 Å². The highest BCUT2D eigenvalue weighted by Gasteiger charge is 2.26. The van der Waals surface area contributed by atoms with Gasteiger partial charge >= 0.3 is 0 Å². The maximum Gasteiger partial charge on any atom is 0.253 e. The number of hydrogen-bond donors (Lipinski definition) is 0. The Labute approximate surface area is 160 Å². The molecule has 3 aliphatic rings. The highest BCUT2D eigenvalue weighted by atomic mass is 16.5. The van der Waals surface area contributed by atoms with Crippen LogP contribution in [0, 0.1) is 5.92 Å². The molecule has 3 fully saturated rings. The molecule has 148 valence electrons. The summed E-state index contributed by atoms with van der Waals surface area (Å²) >= 11 is 0. The van der Waals surface area contributed by atoms with E-state index in [2.05, 4.69) is 9.88 Å². The van der Waals surface area contributed by atoms with Gasteiger partial charge in [0.2, 0.25) is 5.91 Å². The predicted molar refractivity (Wildman–Crippen MR) is 102 cm³/mol. The topological polar surface area (TPSA) is 67.7 Å². The first kappa shape index (κ1) is 18.6. The van der Waals surface area contributed by atoms with Gasteiger partial charge in [0.05, 0.1) is 12.0 Å². The summed E-state index contributed by atoms with van der Waals surface area (Å²) < 4.78 is 7.07. The van der Waals surface area contributed by atoms with Crippen LogP contribution in [0.3, 0.4) is 0 Å². The zero-order chi connectivity index (χ0) is 18.6.